The van der Waals surface area contributed by atoms with Crippen LogP contribution in [0.15, 0.2) is 28.8 Å². The van der Waals surface area contributed by atoms with Crippen molar-refractivity contribution in [3.05, 3.63) is 47.4 Å². The third kappa shape index (κ3) is 4.83. The van der Waals surface area contributed by atoms with Gasteiger partial charge < -0.3 is 14.7 Å². The molecule has 35 heavy (non-hydrogen) atoms. The van der Waals surface area contributed by atoms with E-state index in [-0.39, 0.29) is 23.1 Å². The highest BCUT2D eigenvalue weighted by molar-refractivity contribution is 5.93. The molecule has 0 bridgehead atoms. The number of benzene rings is 1. The Kier molecular flexibility index (Phi) is 6.38. The first-order chi connectivity index (χ1) is 16.7. The van der Waals surface area contributed by atoms with Crippen molar-refractivity contribution >= 4 is 17.3 Å². The number of nitrogens with zero attached hydrogens (tertiary/aromatic N) is 4. The number of hydrogen-bond donors (Lipinski definition) is 1. The minimum Gasteiger partial charge on any atom is -0.339 e. The third-order valence-corrected chi connectivity index (χ3v) is 7.73. The van der Waals surface area contributed by atoms with Crippen LogP contribution in [0.1, 0.15) is 69.7 Å². The van der Waals surface area contributed by atoms with Gasteiger partial charge in [0.25, 0.3) is 0 Å². The Labute approximate surface area is 204 Å². The number of carbonyl (C=O) groups excluding carboxylic acids is 1. The average molecular weight is 486 g/mol. The Balaban J connectivity index is 1.24. The largest absolute Gasteiger partial charge is 0.339 e. The second kappa shape index (κ2) is 9.33. The first-order valence-electron chi connectivity index (χ1n) is 12.5. The number of urea groups is 1. The first-order valence-corrected chi connectivity index (χ1v) is 12.5. The molecule has 5 rings (SSSR count). The number of likely N-dealkylation sites (tertiary alicyclic amines) is 1. The Hall–Kier alpha value is -2.81. The van der Waals surface area contributed by atoms with E-state index in [9.17, 15) is 13.6 Å². The highest BCUT2D eigenvalue weighted by Crippen LogP contribution is 2.44. The van der Waals surface area contributed by atoms with Crippen molar-refractivity contribution in [2.45, 2.75) is 70.0 Å². The van der Waals surface area contributed by atoms with Crippen molar-refractivity contribution in [3.8, 4) is 0 Å². The van der Waals surface area contributed by atoms with Crippen LogP contribution in [0, 0.1) is 5.82 Å². The van der Waals surface area contributed by atoms with Crippen molar-refractivity contribution < 1.29 is 18.1 Å². The zero-order valence-electron chi connectivity index (χ0n) is 20.6. The van der Waals surface area contributed by atoms with E-state index in [1.54, 1.807) is 11.0 Å². The first kappa shape index (κ1) is 23.9. The molecule has 9 heteroatoms. The standard InChI is InChI=1S/C26H33F2N5O2/c1-16(2)32-11-7-17(8-12-32)18-5-4-6-20(27)22(18)29-25(34)33-13-9-26(3,10-14-33)24-30-23(35-31-24)19-15-21(19)28/h4-7,16,19,21H,8-15H2,1-3H3,(H,29,34)/t19-,21+/m1/s1. The summed E-state index contributed by atoms with van der Waals surface area (Å²) in [4.78, 5) is 21.6. The SMILES string of the molecule is CC(C)N1CC=C(c2cccc(F)c2NC(=O)N2CCC(C)(c3noc([C@@H]4C[C@@H]4F)n3)CC2)CC1. The number of amides is 2. The van der Waals surface area contributed by atoms with Gasteiger partial charge in [-0.1, -0.05) is 30.3 Å². The molecule has 2 fully saturated rings. The van der Waals surface area contributed by atoms with Gasteiger partial charge in [0.05, 0.1) is 11.6 Å². The molecule has 1 aromatic heterocycles. The molecule has 0 radical (unpaired) electrons. The van der Waals surface area contributed by atoms with Crippen LogP contribution >= 0.6 is 0 Å². The third-order valence-electron chi connectivity index (χ3n) is 7.73. The molecule has 1 saturated carbocycles. The molecule has 3 heterocycles. The Morgan fingerprint density at radius 2 is 2.00 bits per heavy atom. The van der Waals surface area contributed by atoms with E-state index >= 15 is 0 Å². The van der Waals surface area contributed by atoms with Gasteiger partial charge in [0.2, 0.25) is 5.89 Å². The van der Waals surface area contributed by atoms with Crippen LogP contribution in [-0.2, 0) is 5.41 Å². The maximum absolute atomic E-state index is 14.9. The van der Waals surface area contributed by atoms with Gasteiger partial charge in [-0.2, -0.15) is 4.98 Å². The zero-order valence-corrected chi connectivity index (χ0v) is 20.6. The lowest BCUT2D eigenvalue weighted by molar-refractivity contribution is 0.169. The number of rotatable bonds is 5. The van der Waals surface area contributed by atoms with E-state index in [0.717, 1.165) is 30.6 Å². The van der Waals surface area contributed by atoms with Gasteiger partial charge in [-0.05, 0) is 51.2 Å². The van der Waals surface area contributed by atoms with E-state index in [1.807, 2.05) is 13.0 Å². The molecule has 3 aliphatic rings. The van der Waals surface area contributed by atoms with Crippen LogP contribution in [0.3, 0.4) is 0 Å². The fraction of sp³-hybridized carbons (Fsp3) is 0.577. The van der Waals surface area contributed by atoms with Crippen LogP contribution < -0.4 is 5.32 Å². The quantitative estimate of drug-likeness (QED) is 0.637. The molecule has 1 aromatic carbocycles. The van der Waals surface area contributed by atoms with E-state index in [4.69, 9.17) is 4.52 Å². The van der Waals surface area contributed by atoms with Gasteiger partial charge in [0.1, 0.15) is 12.0 Å². The van der Waals surface area contributed by atoms with Gasteiger partial charge in [0, 0.05) is 43.2 Å². The number of halogens is 2. The second-order valence-corrected chi connectivity index (χ2v) is 10.5. The number of hydrogen-bond acceptors (Lipinski definition) is 5. The lowest BCUT2D eigenvalue weighted by atomic mass is 9.80. The summed E-state index contributed by atoms with van der Waals surface area (Å²) in [5, 5.41) is 6.95. The zero-order chi connectivity index (χ0) is 24.7. The molecule has 2 aromatic rings. The van der Waals surface area contributed by atoms with E-state index in [1.165, 1.54) is 6.07 Å². The molecule has 2 atom stereocenters. The van der Waals surface area contributed by atoms with Crippen molar-refractivity contribution in [2.24, 2.45) is 0 Å². The molecule has 0 spiro atoms. The molecule has 0 unspecified atom stereocenters. The second-order valence-electron chi connectivity index (χ2n) is 10.5. The Bertz CT molecular complexity index is 1120. The molecule has 1 aliphatic carbocycles. The van der Waals surface area contributed by atoms with E-state index < -0.39 is 12.0 Å². The number of nitrogens with one attached hydrogen (secondary N) is 1. The maximum Gasteiger partial charge on any atom is 0.321 e. The minimum atomic E-state index is -0.886. The molecular formula is C26H33F2N5O2. The summed E-state index contributed by atoms with van der Waals surface area (Å²) in [6, 6.07) is 5.09. The number of aromatic nitrogens is 2. The van der Waals surface area contributed by atoms with Gasteiger partial charge in [-0.3, -0.25) is 4.90 Å². The van der Waals surface area contributed by atoms with Crippen LogP contribution in [0.5, 0.6) is 0 Å². The number of alkyl halides is 1. The van der Waals surface area contributed by atoms with Gasteiger partial charge in [-0.15, -0.1) is 0 Å². The summed E-state index contributed by atoms with van der Waals surface area (Å²) in [5.41, 5.74) is 1.69. The summed E-state index contributed by atoms with van der Waals surface area (Å²) in [7, 11) is 0. The Morgan fingerprint density at radius 3 is 2.63 bits per heavy atom. The van der Waals surface area contributed by atoms with Crippen molar-refractivity contribution in [1.82, 2.24) is 19.9 Å². The van der Waals surface area contributed by atoms with Crippen molar-refractivity contribution in [2.75, 3.05) is 31.5 Å². The lowest BCUT2D eigenvalue weighted by Crippen LogP contribution is -2.46. The topological polar surface area (TPSA) is 74.5 Å². The fourth-order valence-corrected chi connectivity index (χ4v) is 4.98. The molecule has 7 nitrogen and oxygen atoms in total. The van der Waals surface area contributed by atoms with Gasteiger partial charge in [-0.25, -0.2) is 13.6 Å². The summed E-state index contributed by atoms with van der Waals surface area (Å²) in [6.45, 7) is 9.06. The maximum atomic E-state index is 14.9. The van der Waals surface area contributed by atoms with E-state index in [2.05, 4.69) is 40.3 Å². The van der Waals surface area contributed by atoms with E-state index in [0.29, 0.717) is 50.1 Å². The van der Waals surface area contributed by atoms with Gasteiger partial charge in [0.15, 0.2) is 5.82 Å². The van der Waals surface area contributed by atoms with Gasteiger partial charge >= 0.3 is 6.03 Å². The van der Waals surface area contributed by atoms with Crippen LogP contribution in [0.25, 0.3) is 5.57 Å². The molecule has 2 amide bonds. The number of anilines is 1. The summed E-state index contributed by atoms with van der Waals surface area (Å²) in [5.74, 6) is 0.237. The predicted molar refractivity (Wildman–Crippen MR) is 129 cm³/mol. The van der Waals surface area contributed by atoms with Crippen LogP contribution in [0.2, 0.25) is 0 Å². The highest BCUT2D eigenvalue weighted by Gasteiger charge is 2.45. The van der Waals surface area contributed by atoms with Crippen LogP contribution in [0.4, 0.5) is 19.3 Å². The summed E-state index contributed by atoms with van der Waals surface area (Å²) in [6.07, 6.45) is 3.78. The minimum absolute atomic E-state index is 0.239. The average Bonchev–Trinajstić information content (AvgIpc) is 3.36. The smallest absolute Gasteiger partial charge is 0.321 e. The number of carbonyl (C=O) groups is 1. The lowest BCUT2D eigenvalue weighted by Gasteiger charge is -2.37. The van der Waals surface area contributed by atoms with Crippen molar-refractivity contribution in [3.63, 3.8) is 0 Å². The number of para-hydroxylation sites is 1. The normalized spacial score (nSPS) is 24.4. The molecule has 1 N–H and O–H groups in total. The highest BCUT2D eigenvalue weighted by atomic mass is 19.1. The fourth-order valence-electron chi connectivity index (χ4n) is 4.98. The number of piperidine rings is 1. The molecule has 1 saturated heterocycles. The Morgan fingerprint density at radius 1 is 1.26 bits per heavy atom. The molecule has 188 valence electrons. The molecular weight excluding hydrogens is 452 g/mol. The van der Waals surface area contributed by atoms with Crippen LogP contribution in [-0.4, -0.2) is 64.4 Å². The monoisotopic (exact) mass is 485 g/mol. The van der Waals surface area contributed by atoms with Crippen molar-refractivity contribution in [1.29, 1.82) is 0 Å². The molecule has 2 aliphatic heterocycles. The predicted octanol–water partition coefficient (Wildman–Crippen LogP) is 5.12. The summed E-state index contributed by atoms with van der Waals surface area (Å²) >= 11 is 0. The summed E-state index contributed by atoms with van der Waals surface area (Å²) < 4.78 is 33.5.